The number of nitrogens with one attached hydrogen (secondary N) is 2. The van der Waals surface area contributed by atoms with Gasteiger partial charge in [0.25, 0.3) is 5.91 Å². The lowest BCUT2D eigenvalue weighted by Crippen LogP contribution is -2.44. The van der Waals surface area contributed by atoms with E-state index in [9.17, 15) is 9.59 Å². The number of allylic oxidation sites excluding steroid dienone is 1. The highest BCUT2D eigenvalue weighted by Gasteiger charge is 2.27. The first kappa shape index (κ1) is 24.8. The first-order valence-electron chi connectivity index (χ1n) is 13.2. The van der Waals surface area contributed by atoms with E-state index in [0.717, 1.165) is 53.9 Å². The Hall–Kier alpha value is -3.83. The highest BCUT2D eigenvalue weighted by Crippen LogP contribution is 2.24. The summed E-state index contributed by atoms with van der Waals surface area (Å²) in [5.41, 5.74) is 5.43. The zero-order valence-corrected chi connectivity index (χ0v) is 21.0. The fourth-order valence-corrected chi connectivity index (χ4v) is 5.16. The van der Waals surface area contributed by atoms with Gasteiger partial charge in [-0.1, -0.05) is 78.9 Å². The molecule has 0 spiro atoms. The third kappa shape index (κ3) is 6.30. The van der Waals surface area contributed by atoms with Gasteiger partial charge in [-0.25, -0.2) is 0 Å². The summed E-state index contributed by atoms with van der Waals surface area (Å²) < 4.78 is 0. The number of aliphatic imine (C=N–C) groups is 1. The summed E-state index contributed by atoms with van der Waals surface area (Å²) >= 11 is 0. The Bertz CT molecular complexity index is 1290. The summed E-state index contributed by atoms with van der Waals surface area (Å²) in [6, 6.07) is 27.1. The average molecular weight is 492 g/mol. The summed E-state index contributed by atoms with van der Waals surface area (Å²) in [6.45, 7) is 2.48. The van der Waals surface area contributed by atoms with Crippen LogP contribution in [0.5, 0.6) is 0 Å². The Morgan fingerprint density at radius 1 is 0.892 bits per heavy atom. The summed E-state index contributed by atoms with van der Waals surface area (Å²) in [5, 5.41) is 6.46. The minimum atomic E-state index is -0.571. The summed E-state index contributed by atoms with van der Waals surface area (Å²) in [6.07, 6.45) is 5.03. The summed E-state index contributed by atoms with van der Waals surface area (Å²) in [7, 11) is 0. The molecule has 188 valence electrons. The fourth-order valence-electron chi connectivity index (χ4n) is 5.16. The number of piperidine rings is 1. The SMILES string of the molecule is O=C(N[C@@H](Cc1ccccc1)C(=O)CC1CCNCC1)c1ccccc1C1=NCC(c2ccccc2)=C1. The van der Waals surface area contributed by atoms with Gasteiger partial charge < -0.3 is 10.6 Å². The molecule has 3 aromatic rings. The van der Waals surface area contributed by atoms with Gasteiger partial charge >= 0.3 is 0 Å². The molecule has 0 bridgehead atoms. The van der Waals surface area contributed by atoms with Gasteiger partial charge in [0, 0.05) is 17.5 Å². The van der Waals surface area contributed by atoms with Crippen molar-refractivity contribution in [3.63, 3.8) is 0 Å². The van der Waals surface area contributed by atoms with Crippen LogP contribution in [0.3, 0.4) is 0 Å². The molecule has 0 unspecified atom stereocenters. The number of amides is 1. The quantitative estimate of drug-likeness (QED) is 0.449. The molecule has 0 radical (unpaired) electrons. The van der Waals surface area contributed by atoms with E-state index in [1.54, 1.807) is 0 Å². The number of hydrogen-bond donors (Lipinski definition) is 2. The molecule has 0 saturated carbocycles. The van der Waals surface area contributed by atoms with E-state index in [-0.39, 0.29) is 11.7 Å². The van der Waals surface area contributed by atoms with Crippen LogP contribution < -0.4 is 10.6 Å². The van der Waals surface area contributed by atoms with Crippen molar-refractivity contribution in [1.82, 2.24) is 10.6 Å². The van der Waals surface area contributed by atoms with Crippen molar-refractivity contribution in [2.75, 3.05) is 19.6 Å². The van der Waals surface area contributed by atoms with Crippen LogP contribution in [0.4, 0.5) is 0 Å². The first-order valence-corrected chi connectivity index (χ1v) is 13.2. The van der Waals surface area contributed by atoms with Gasteiger partial charge in [0.1, 0.15) is 0 Å². The Morgan fingerprint density at radius 3 is 2.32 bits per heavy atom. The molecule has 2 aliphatic rings. The molecule has 2 N–H and O–H groups in total. The molecule has 1 atom stereocenters. The largest absolute Gasteiger partial charge is 0.342 e. The molecule has 5 rings (SSSR count). The molecule has 3 aromatic carbocycles. The smallest absolute Gasteiger partial charge is 0.252 e. The zero-order valence-electron chi connectivity index (χ0n) is 21.0. The zero-order chi connectivity index (χ0) is 25.5. The predicted molar refractivity (Wildman–Crippen MR) is 149 cm³/mol. The molecule has 1 fully saturated rings. The van der Waals surface area contributed by atoms with E-state index >= 15 is 0 Å². The highest BCUT2D eigenvalue weighted by atomic mass is 16.2. The fraction of sp³-hybridized carbons (Fsp3) is 0.281. The number of rotatable bonds is 9. The number of carbonyl (C=O) groups is 2. The van der Waals surface area contributed by atoms with Gasteiger partial charge in [0.15, 0.2) is 5.78 Å². The van der Waals surface area contributed by atoms with Gasteiger partial charge in [-0.2, -0.15) is 0 Å². The lowest BCUT2D eigenvalue weighted by atomic mass is 9.89. The van der Waals surface area contributed by atoms with Crippen LogP contribution in [0.25, 0.3) is 5.57 Å². The molecular weight excluding hydrogens is 458 g/mol. The number of benzene rings is 3. The van der Waals surface area contributed by atoms with Gasteiger partial charge in [-0.05, 0) is 67.1 Å². The number of carbonyl (C=O) groups excluding carboxylic acids is 2. The molecule has 5 heteroatoms. The molecule has 1 saturated heterocycles. The topological polar surface area (TPSA) is 70.6 Å². The summed E-state index contributed by atoms with van der Waals surface area (Å²) in [4.78, 5) is 31.8. The van der Waals surface area contributed by atoms with E-state index in [1.165, 1.54) is 0 Å². The number of hydrogen-bond acceptors (Lipinski definition) is 4. The molecular formula is C32H33N3O2. The lowest BCUT2D eigenvalue weighted by molar-refractivity contribution is -0.122. The van der Waals surface area contributed by atoms with Gasteiger partial charge in [-0.3, -0.25) is 14.6 Å². The van der Waals surface area contributed by atoms with Crippen molar-refractivity contribution >= 4 is 23.0 Å². The second kappa shape index (κ2) is 11.9. The van der Waals surface area contributed by atoms with E-state index in [2.05, 4.69) is 28.8 Å². The minimum Gasteiger partial charge on any atom is -0.342 e. The van der Waals surface area contributed by atoms with Gasteiger partial charge in [0.2, 0.25) is 0 Å². The van der Waals surface area contributed by atoms with Crippen molar-refractivity contribution < 1.29 is 9.59 Å². The van der Waals surface area contributed by atoms with Crippen LogP contribution >= 0.6 is 0 Å². The van der Waals surface area contributed by atoms with Gasteiger partial charge in [-0.15, -0.1) is 0 Å². The monoisotopic (exact) mass is 491 g/mol. The van der Waals surface area contributed by atoms with E-state index in [1.807, 2.05) is 72.8 Å². The second-order valence-electron chi connectivity index (χ2n) is 9.86. The Balaban J connectivity index is 1.36. The Labute approximate surface area is 218 Å². The van der Waals surface area contributed by atoms with Crippen molar-refractivity contribution in [2.24, 2.45) is 10.9 Å². The van der Waals surface area contributed by atoms with E-state index in [0.29, 0.717) is 30.9 Å². The highest BCUT2D eigenvalue weighted by molar-refractivity contribution is 6.19. The standard InChI is InChI=1S/C32H33N3O2/c36-31(20-24-15-17-33-18-16-24)30(19-23-9-3-1-4-10-23)35-32(37)28-14-8-7-13-27(28)29-21-26(22-34-29)25-11-5-2-6-12-25/h1-14,21,24,30,33H,15-20,22H2,(H,35,37)/t30-/m0/s1. The van der Waals surface area contributed by atoms with Crippen LogP contribution in [0.2, 0.25) is 0 Å². The van der Waals surface area contributed by atoms with Crippen LogP contribution in [0.1, 0.15) is 46.3 Å². The molecule has 0 aliphatic carbocycles. The lowest BCUT2D eigenvalue weighted by Gasteiger charge is -2.25. The first-order chi connectivity index (χ1) is 18.2. The maximum absolute atomic E-state index is 13.6. The number of ketones is 1. The molecule has 2 heterocycles. The van der Waals surface area contributed by atoms with Crippen LogP contribution in [-0.4, -0.2) is 43.1 Å². The van der Waals surface area contributed by atoms with Crippen molar-refractivity contribution in [1.29, 1.82) is 0 Å². The predicted octanol–water partition coefficient (Wildman–Crippen LogP) is 4.87. The van der Waals surface area contributed by atoms with E-state index in [4.69, 9.17) is 4.99 Å². The normalized spacial score (nSPS) is 16.5. The number of nitrogens with zero attached hydrogens (tertiary/aromatic N) is 1. The molecule has 37 heavy (non-hydrogen) atoms. The Kier molecular flexibility index (Phi) is 8.02. The maximum atomic E-state index is 13.6. The minimum absolute atomic E-state index is 0.103. The third-order valence-electron chi connectivity index (χ3n) is 7.25. The molecule has 5 nitrogen and oxygen atoms in total. The third-order valence-corrected chi connectivity index (χ3v) is 7.25. The van der Waals surface area contributed by atoms with Crippen molar-refractivity contribution in [3.05, 3.63) is 113 Å². The van der Waals surface area contributed by atoms with E-state index < -0.39 is 6.04 Å². The maximum Gasteiger partial charge on any atom is 0.252 e. The molecule has 0 aromatic heterocycles. The molecule has 2 aliphatic heterocycles. The Morgan fingerprint density at radius 2 is 1.57 bits per heavy atom. The van der Waals surface area contributed by atoms with Crippen LogP contribution in [0, 0.1) is 5.92 Å². The summed E-state index contributed by atoms with van der Waals surface area (Å²) in [5.74, 6) is 0.233. The van der Waals surface area contributed by atoms with Crippen LogP contribution in [0.15, 0.2) is 96.0 Å². The second-order valence-corrected chi connectivity index (χ2v) is 9.86. The molecule has 1 amide bonds. The van der Waals surface area contributed by atoms with Gasteiger partial charge in [0.05, 0.1) is 18.3 Å². The van der Waals surface area contributed by atoms with Crippen LogP contribution in [-0.2, 0) is 11.2 Å². The average Bonchev–Trinajstić information content (AvgIpc) is 3.45. The number of Topliss-reactive ketones (excluding diaryl/α,β-unsaturated/α-hetero) is 1. The van der Waals surface area contributed by atoms with Crippen molar-refractivity contribution in [3.8, 4) is 0 Å². The van der Waals surface area contributed by atoms with Crippen molar-refractivity contribution in [2.45, 2.75) is 31.7 Å².